The molecule has 1 heterocycles. The Bertz CT molecular complexity index is 676. The van der Waals surface area contributed by atoms with Gasteiger partial charge in [-0.3, -0.25) is 14.4 Å². The topological polar surface area (TPSA) is 105 Å². The Morgan fingerprint density at radius 1 is 1.18 bits per heavy atom. The highest BCUT2D eigenvalue weighted by molar-refractivity contribution is 5.94. The standard InChI is InChI=1S/C19H27FN4O3.ClH/c1-12(2)17(21)19(27)22-11-16(25)24-9-7-15(8-10-24)23-18(26)13-3-5-14(20)6-4-13;/h3-6,12,15,17H,7-11,21H2,1-2H3,(H,22,27)(H,23,26);1H/t17-;/m0./s1. The Kier molecular flexibility index (Phi) is 9.34. The molecule has 1 aromatic carbocycles. The lowest BCUT2D eigenvalue weighted by molar-refractivity contribution is -0.134. The fourth-order valence-corrected chi connectivity index (χ4v) is 2.84. The van der Waals surface area contributed by atoms with E-state index in [2.05, 4.69) is 10.6 Å². The summed E-state index contributed by atoms with van der Waals surface area (Å²) in [4.78, 5) is 37.9. The van der Waals surface area contributed by atoms with Crippen LogP contribution in [0.25, 0.3) is 0 Å². The van der Waals surface area contributed by atoms with Crippen LogP contribution in [0.4, 0.5) is 4.39 Å². The normalized spacial score (nSPS) is 15.5. The van der Waals surface area contributed by atoms with Crippen molar-refractivity contribution in [3.05, 3.63) is 35.6 Å². The second-order valence-electron chi connectivity index (χ2n) is 7.12. The van der Waals surface area contributed by atoms with Gasteiger partial charge in [0, 0.05) is 24.7 Å². The molecular formula is C19H28ClFN4O3. The molecule has 1 aliphatic heterocycles. The lowest BCUT2D eigenvalue weighted by Crippen LogP contribution is -2.51. The highest BCUT2D eigenvalue weighted by Gasteiger charge is 2.25. The van der Waals surface area contributed by atoms with Gasteiger partial charge >= 0.3 is 0 Å². The van der Waals surface area contributed by atoms with Crippen molar-refractivity contribution in [1.29, 1.82) is 0 Å². The predicted molar refractivity (Wildman–Crippen MR) is 107 cm³/mol. The summed E-state index contributed by atoms with van der Waals surface area (Å²) in [5.74, 6) is -1.14. The number of carbonyl (C=O) groups excluding carboxylic acids is 3. The van der Waals surface area contributed by atoms with Gasteiger partial charge in [-0.15, -0.1) is 12.4 Å². The van der Waals surface area contributed by atoms with Crippen LogP contribution in [-0.4, -0.2) is 54.3 Å². The first-order chi connectivity index (χ1) is 12.8. The lowest BCUT2D eigenvalue weighted by atomic mass is 10.0. The quantitative estimate of drug-likeness (QED) is 0.647. The third-order valence-electron chi connectivity index (χ3n) is 4.72. The van der Waals surface area contributed by atoms with E-state index in [0.717, 1.165) is 0 Å². The Balaban J connectivity index is 0.00000392. The number of halogens is 2. The Labute approximate surface area is 170 Å². The van der Waals surface area contributed by atoms with Gasteiger partial charge in [0.1, 0.15) is 5.82 Å². The summed E-state index contributed by atoms with van der Waals surface area (Å²) < 4.78 is 12.9. The SMILES string of the molecule is CC(C)[C@H](N)C(=O)NCC(=O)N1CCC(NC(=O)c2ccc(F)cc2)CC1.Cl. The van der Waals surface area contributed by atoms with Crippen molar-refractivity contribution in [3.8, 4) is 0 Å². The number of rotatable bonds is 6. The number of hydrogen-bond donors (Lipinski definition) is 3. The van der Waals surface area contributed by atoms with E-state index in [1.165, 1.54) is 24.3 Å². The number of amides is 3. The molecule has 1 atom stereocenters. The summed E-state index contributed by atoms with van der Waals surface area (Å²) >= 11 is 0. The summed E-state index contributed by atoms with van der Waals surface area (Å²) in [6.07, 6.45) is 1.25. The first-order valence-electron chi connectivity index (χ1n) is 9.15. The lowest BCUT2D eigenvalue weighted by Gasteiger charge is -2.32. The van der Waals surface area contributed by atoms with Gasteiger partial charge in [-0.05, 0) is 43.0 Å². The first kappa shape index (κ1) is 23.8. The van der Waals surface area contributed by atoms with Crippen LogP contribution in [0.1, 0.15) is 37.0 Å². The molecule has 156 valence electrons. The van der Waals surface area contributed by atoms with E-state index < -0.39 is 6.04 Å². The van der Waals surface area contributed by atoms with Gasteiger partial charge in [0.15, 0.2) is 0 Å². The van der Waals surface area contributed by atoms with E-state index in [9.17, 15) is 18.8 Å². The van der Waals surface area contributed by atoms with Crippen molar-refractivity contribution in [2.75, 3.05) is 19.6 Å². The molecule has 0 aromatic heterocycles. The van der Waals surface area contributed by atoms with Crippen molar-refractivity contribution < 1.29 is 18.8 Å². The zero-order valence-corrected chi connectivity index (χ0v) is 16.9. The number of hydrogen-bond acceptors (Lipinski definition) is 4. The Morgan fingerprint density at radius 3 is 2.29 bits per heavy atom. The van der Waals surface area contributed by atoms with Gasteiger partial charge in [-0.25, -0.2) is 4.39 Å². The average Bonchev–Trinajstić information content (AvgIpc) is 2.66. The zero-order chi connectivity index (χ0) is 20.0. The number of carbonyl (C=O) groups is 3. The molecule has 4 N–H and O–H groups in total. The van der Waals surface area contributed by atoms with Crippen LogP contribution in [-0.2, 0) is 9.59 Å². The van der Waals surface area contributed by atoms with Gasteiger partial charge in [-0.2, -0.15) is 0 Å². The molecule has 0 aliphatic carbocycles. The summed E-state index contributed by atoms with van der Waals surface area (Å²) in [6, 6.07) is 4.69. The molecule has 7 nitrogen and oxygen atoms in total. The smallest absolute Gasteiger partial charge is 0.251 e. The molecule has 1 aromatic rings. The highest BCUT2D eigenvalue weighted by atomic mass is 35.5. The molecule has 0 unspecified atom stereocenters. The maximum Gasteiger partial charge on any atom is 0.251 e. The van der Waals surface area contributed by atoms with Crippen molar-refractivity contribution in [2.45, 2.75) is 38.8 Å². The summed E-state index contributed by atoms with van der Waals surface area (Å²) in [6.45, 7) is 4.61. The molecule has 0 saturated carbocycles. The number of benzene rings is 1. The summed E-state index contributed by atoms with van der Waals surface area (Å²) in [5.41, 5.74) is 6.15. The van der Waals surface area contributed by atoms with E-state index in [1.54, 1.807) is 4.90 Å². The van der Waals surface area contributed by atoms with E-state index in [1.807, 2.05) is 13.8 Å². The van der Waals surface area contributed by atoms with Gasteiger partial charge in [0.25, 0.3) is 5.91 Å². The maximum atomic E-state index is 12.9. The number of nitrogens with two attached hydrogens (primary N) is 1. The van der Waals surface area contributed by atoms with Gasteiger partial charge in [0.2, 0.25) is 11.8 Å². The van der Waals surface area contributed by atoms with Crippen LogP contribution in [0.15, 0.2) is 24.3 Å². The molecule has 1 saturated heterocycles. The summed E-state index contributed by atoms with van der Waals surface area (Å²) in [7, 11) is 0. The molecular weight excluding hydrogens is 387 g/mol. The number of likely N-dealkylation sites (tertiary alicyclic amines) is 1. The number of nitrogens with zero attached hydrogens (tertiary/aromatic N) is 1. The first-order valence-corrected chi connectivity index (χ1v) is 9.15. The van der Waals surface area contributed by atoms with Crippen molar-refractivity contribution >= 4 is 30.1 Å². The van der Waals surface area contributed by atoms with Crippen LogP contribution < -0.4 is 16.4 Å². The highest BCUT2D eigenvalue weighted by Crippen LogP contribution is 2.12. The van der Waals surface area contributed by atoms with Crippen LogP contribution in [0.5, 0.6) is 0 Å². The molecule has 0 radical (unpaired) electrons. The summed E-state index contributed by atoms with van der Waals surface area (Å²) in [5, 5.41) is 5.48. The van der Waals surface area contributed by atoms with Crippen LogP contribution >= 0.6 is 12.4 Å². The van der Waals surface area contributed by atoms with E-state index >= 15 is 0 Å². The number of piperidine rings is 1. The fraction of sp³-hybridized carbons (Fsp3) is 0.526. The van der Waals surface area contributed by atoms with E-state index in [4.69, 9.17) is 5.73 Å². The second kappa shape index (κ2) is 11.0. The van der Waals surface area contributed by atoms with E-state index in [0.29, 0.717) is 31.5 Å². The van der Waals surface area contributed by atoms with E-state index in [-0.39, 0.29) is 54.5 Å². The number of nitrogens with one attached hydrogen (secondary N) is 2. The fourth-order valence-electron chi connectivity index (χ4n) is 2.84. The van der Waals surface area contributed by atoms with Gasteiger partial charge in [-0.1, -0.05) is 13.8 Å². The minimum Gasteiger partial charge on any atom is -0.349 e. The molecule has 0 bridgehead atoms. The van der Waals surface area contributed by atoms with Gasteiger partial charge < -0.3 is 21.3 Å². The minimum absolute atomic E-state index is 0. The molecule has 2 rings (SSSR count). The molecule has 9 heteroatoms. The van der Waals surface area contributed by atoms with Crippen LogP contribution in [0.3, 0.4) is 0 Å². The third-order valence-corrected chi connectivity index (χ3v) is 4.72. The largest absolute Gasteiger partial charge is 0.349 e. The predicted octanol–water partition coefficient (Wildman–Crippen LogP) is 1.07. The Morgan fingerprint density at radius 2 is 1.75 bits per heavy atom. The third kappa shape index (κ3) is 6.76. The zero-order valence-electron chi connectivity index (χ0n) is 16.1. The van der Waals surface area contributed by atoms with Crippen molar-refractivity contribution in [2.24, 2.45) is 11.7 Å². The van der Waals surface area contributed by atoms with Crippen molar-refractivity contribution in [1.82, 2.24) is 15.5 Å². The molecule has 28 heavy (non-hydrogen) atoms. The Hall–Kier alpha value is -2.19. The molecule has 1 aliphatic rings. The average molecular weight is 415 g/mol. The minimum atomic E-state index is -0.634. The van der Waals surface area contributed by atoms with Crippen LogP contribution in [0.2, 0.25) is 0 Å². The van der Waals surface area contributed by atoms with Crippen molar-refractivity contribution in [3.63, 3.8) is 0 Å². The maximum absolute atomic E-state index is 12.9. The molecule has 3 amide bonds. The molecule has 1 fully saturated rings. The second-order valence-corrected chi connectivity index (χ2v) is 7.12. The molecule has 0 spiro atoms. The van der Waals surface area contributed by atoms with Crippen LogP contribution in [0, 0.1) is 11.7 Å². The monoisotopic (exact) mass is 414 g/mol. The van der Waals surface area contributed by atoms with Gasteiger partial charge in [0.05, 0.1) is 12.6 Å².